The summed E-state index contributed by atoms with van der Waals surface area (Å²) >= 11 is 7.66. The van der Waals surface area contributed by atoms with Gasteiger partial charge in [0, 0.05) is 4.88 Å². The van der Waals surface area contributed by atoms with Crippen LogP contribution in [0.5, 0.6) is 5.75 Å². The molecule has 1 aromatic carbocycles. The van der Waals surface area contributed by atoms with Gasteiger partial charge < -0.3 is 10.1 Å². The first-order chi connectivity index (χ1) is 9.56. The zero-order valence-corrected chi connectivity index (χ0v) is 12.9. The van der Waals surface area contributed by atoms with Crippen LogP contribution in [0.25, 0.3) is 0 Å². The molecule has 1 heterocycles. The Morgan fingerprint density at radius 1 is 1.45 bits per heavy atom. The van der Waals surface area contributed by atoms with E-state index in [1.54, 1.807) is 24.3 Å². The first kappa shape index (κ1) is 14.9. The molecular weight excluding hydrogens is 294 g/mol. The maximum atomic E-state index is 12.0. The molecule has 0 unspecified atom stereocenters. The average Bonchev–Trinajstić information content (AvgIpc) is 2.93. The molecule has 1 atom stereocenters. The number of thiophene rings is 1. The fourth-order valence-electron chi connectivity index (χ4n) is 1.68. The zero-order valence-electron chi connectivity index (χ0n) is 11.4. The Kier molecular flexibility index (Phi) is 5.04. The second kappa shape index (κ2) is 6.77. The molecule has 0 fully saturated rings. The summed E-state index contributed by atoms with van der Waals surface area (Å²) < 4.78 is 5.62. The standard InChI is InChI=1S/C15H16ClNO2S/c1-10-5-6-13(16)14(8-10)19-11(2)15(18)17-9-12-4-3-7-20-12/h3-8,11H,9H2,1-2H3,(H,17,18)/t11-/m1/s1. The monoisotopic (exact) mass is 309 g/mol. The van der Waals surface area contributed by atoms with Crippen molar-refractivity contribution in [3.05, 3.63) is 51.2 Å². The molecule has 0 aliphatic rings. The molecule has 3 nitrogen and oxygen atoms in total. The van der Waals surface area contributed by atoms with Gasteiger partial charge in [-0.15, -0.1) is 11.3 Å². The van der Waals surface area contributed by atoms with E-state index in [-0.39, 0.29) is 5.91 Å². The number of benzene rings is 1. The maximum absolute atomic E-state index is 12.0. The van der Waals surface area contributed by atoms with E-state index >= 15 is 0 Å². The maximum Gasteiger partial charge on any atom is 0.261 e. The number of hydrogen-bond donors (Lipinski definition) is 1. The topological polar surface area (TPSA) is 38.3 Å². The second-order valence-electron chi connectivity index (χ2n) is 4.49. The lowest BCUT2D eigenvalue weighted by molar-refractivity contribution is -0.127. The normalized spacial score (nSPS) is 11.9. The molecule has 0 radical (unpaired) electrons. The Bertz CT molecular complexity index is 584. The Balaban J connectivity index is 1.92. The van der Waals surface area contributed by atoms with Crippen LogP contribution in [0, 0.1) is 6.92 Å². The molecule has 2 rings (SSSR count). The van der Waals surface area contributed by atoms with Gasteiger partial charge in [-0.2, -0.15) is 0 Å². The van der Waals surface area contributed by atoms with Crippen LogP contribution < -0.4 is 10.1 Å². The minimum absolute atomic E-state index is 0.157. The summed E-state index contributed by atoms with van der Waals surface area (Å²) in [7, 11) is 0. The number of carbonyl (C=O) groups is 1. The van der Waals surface area contributed by atoms with Gasteiger partial charge in [0.15, 0.2) is 6.10 Å². The third-order valence-corrected chi connectivity index (χ3v) is 3.97. The second-order valence-corrected chi connectivity index (χ2v) is 5.93. The van der Waals surface area contributed by atoms with Crippen LogP contribution >= 0.6 is 22.9 Å². The molecule has 5 heteroatoms. The van der Waals surface area contributed by atoms with Crippen molar-refractivity contribution in [1.29, 1.82) is 0 Å². The van der Waals surface area contributed by atoms with Gasteiger partial charge in [0.05, 0.1) is 11.6 Å². The highest BCUT2D eigenvalue weighted by molar-refractivity contribution is 7.09. The average molecular weight is 310 g/mol. The van der Waals surface area contributed by atoms with Gasteiger partial charge in [-0.3, -0.25) is 4.79 Å². The Morgan fingerprint density at radius 2 is 2.25 bits per heavy atom. The Hall–Kier alpha value is -1.52. The summed E-state index contributed by atoms with van der Waals surface area (Å²) in [4.78, 5) is 13.1. The van der Waals surface area contributed by atoms with Crippen molar-refractivity contribution in [2.75, 3.05) is 0 Å². The predicted octanol–water partition coefficient (Wildman–Crippen LogP) is 3.79. The molecular formula is C15H16ClNO2S. The summed E-state index contributed by atoms with van der Waals surface area (Å²) in [5, 5.41) is 5.33. The van der Waals surface area contributed by atoms with Crippen molar-refractivity contribution >= 4 is 28.8 Å². The minimum Gasteiger partial charge on any atom is -0.479 e. The van der Waals surface area contributed by atoms with Crippen molar-refractivity contribution in [1.82, 2.24) is 5.32 Å². The zero-order chi connectivity index (χ0) is 14.5. The van der Waals surface area contributed by atoms with Crippen LogP contribution in [0.4, 0.5) is 0 Å². The van der Waals surface area contributed by atoms with Crippen LogP contribution in [0.15, 0.2) is 35.7 Å². The molecule has 2 aromatic rings. The van der Waals surface area contributed by atoms with Crippen molar-refractivity contribution in [2.45, 2.75) is 26.5 Å². The lowest BCUT2D eigenvalue weighted by Crippen LogP contribution is -2.35. The lowest BCUT2D eigenvalue weighted by atomic mass is 10.2. The molecule has 1 amide bonds. The molecule has 0 saturated carbocycles. The lowest BCUT2D eigenvalue weighted by Gasteiger charge is -2.15. The number of rotatable bonds is 5. The smallest absolute Gasteiger partial charge is 0.261 e. The Labute approximate surface area is 127 Å². The number of hydrogen-bond acceptors (Lipinski definition) is 3. The summed E-state index contributed by atoms with van der Waals surface area (Å²) in [6.45, 7) is 4.18. The molecule has 20 heavy (non-hydrogen) atoms. The van der Waals surface area contributed by atoms with E-state index in [1.807, 2.05) is 36.6 Å². The molecule has 0 aliphatic carbocycles. The molecule has 1 N–H and O–H groups in total. The molecule has 1 aromatic heterocycles. The third-order valence-electron chi connectivity index (χ3n) is 2.78. The number of aryl methyl sites for hydroxylation is 1. The van der Waals surface area contributed by atoms with E-state index in [1.165, 1.54) is 0 Å². The highest BCUT2D eigenvalue weighted by Gasteiger charge is 2.16. The molecule has 0 spiro atoms. The van der Waals surface area contributed by atoms with Gasteiger partial charge in [0.1, 0.15) is 5.75 Å². The first-order valence-electron chi connectivity index (χ1n) is 6.29. The van der Waals surface area contributed by atoms with Crippen LogP contribution in [-0.4, -0.2) is 12.0 Å². The van der Waals surface area contributed by atoms with Gasteiger partial charge in [0.2, 0.25) is 0 Å². The van der Waals surface area contributed by atoms with Crippen molar-refractivity contribution in [2.24, 2.45) is 0 Å². The number of amides is 1. The van der Waals surface area contributed by atoms with Gasteiger partial charge in [-0.1, -0.05) is 23.7 Å². The van der Waals surface area contributed by atoms with Gasteiger partial charge in [-0.25, -0.2) is 0 Å². The number of ether oxygens (including phenoxy) is 1. The molecule has 0 aliphatic heterocycles. The van der Waals surface area contributed by atoms with Crippen LogP contribution in [-0.2, 0) is 11.3 Å². The van der Waals surface area contributed by atoms with E-state index in [0.29, 0.717) is 17.3 Å². The highest BCUT2D eigenvalue weighted by Crippen LogP contribution is 2.26. The highest BCUT2D eigenvalue weighted by atomic mass is 35.5. The van der Waals surface area contributed by atoms with Crippen LogP contribution in [0.2, 0.25) is 5.02 Å². The van der Waals surface area contributed by atoms with Gasteiger partial charge in [-0.05, 0) is 43.0 Å². The summed E-state index contributed by atoms with van der Waals surface area (Å²) in [5.41, 5.74) is 1.04. The van der Waals surface area contributed by atoms with Gasteiger partial charge >= 0.3 is 0 Å². The van der Waals surface area contributed by atoms with Crippen molar-refractivity contribution < 1.29 is 9.53 Å². The quantitative estimate of drug-likeness (QED) is 0.912. The fourth-order valence-corrected chi connectivity index (χ4v) is 2.48. The van der Waals surface area contributed by atoms with E-state index < -0.39 is 6.10 Å². The van der Waals surface area contributed by atoms with Crippen LogP contribution in [0.3, 0.4) is 0 Å². The van der Waals surface area contributed by atoms with Gasteiger partial charge in [0.25, 0.3) is 5.91 Å². The summed E-state index contributed by atoms with van der Waals surface area (Å²) in [5.74, 6) is 0.376. The predicted molar refractivity (Wildman–Crippen MR) is 82.4 cm³/mol. The largest absolute Gasteiger partial charge is 0.479 e. The molecule has 106 valence electrons. The number of nitrogens with one attached hydrogen (secondary N) is 1. The van der Waals surface area contributed by atoms with E-state index in [4.69, 9.17) is 16.3 Å². The number of halogens is 1. The van der Waals surface area contributed by atoms with E-state index in [2.05, 4.69) is 5.32 Å². The van der Waals surface area contributed by atoms with Crippen molar-refractivity contribution in [3.8, 4) is 5.75 Å². The molecule has 0 bridgehead atoms. The third kappa shape index (κ3) is 3.99. The fraction of sp³-hybridized carbons (Fsp3) is 0.267. The van der Waals surface area contributed by atoms with E-state index in [0.717, 1.165) is 10.4 Å². The first-order valence-corrected chi connectivity index (χ1v) is 7.55. The van der Waals surface area contributed by atoms with Crippen molar-refractivity contribution in [3.63, 3.8) is 0 Å². The minimum atomic E-state index is -0.589. The summed E-state index contributed by atoms with van der Waals surface area (Å²) in [6, 6.07) is 9.43. The molecule has 0 saturated heterocycles. The Morgan fingerprint density at radius 3 is 2.95 bits per heavy atom. The SMILES string of the molecule is Cc1ccc(Cl)c(O[C@H](C)C(=O)NCc2cccs2)c1. The van der Waals surface area contributed by atoms with Crippen LogP contribution in [0.1, 0.15) is 17.4 Å². The summed E-state index contributed by atoms with van der Waals surface area (Å²) in [6.07, 6.45) is -0.589. The number of carbonyl (C=O) groups excluding carboxylic acids is 1. The van der Waals surface area contributed by atoms with E-state index in [9.17, 15) is 4.79 Å².